The van der Waals surface area contributed by atoms with Crippen molar-refractivity contribution in [1.29, 1.82) is 0 Å². The van der Waals surface area contributed by atoms with Gasteiger partial charge < -0.3 is 24.8 Å². The maximum absolute atomic E-state index is 13.7. The summed E-state index contributed by atoms with van der Waals surface area (Å²) in [6.45, 7) is 7.57. The average molecular weight is 525 g/mol. The predicted octanol–water partition coefficient (Wildman–Crippen LogP) is 5.06. The van der Waals surface area contributed by atoms with Gasteiger partial charge in [0.2, 0.25) is 5.91 Å². The van der Waals surface area contributed by atoms with Gasteiger partial charge in [0.1, 0.15) is 12.1 Å². The highest BCUT2D eigenvalue weighted by molar-refractivity contribution is 5.90. The van der Waals surface area contributed by atoms with E-state index in [1.54, 1.807) is 14.0 Å². The molecule has 0 aliphatic heterocycles. The number of carboxylic acid groups (broad SMARTS) is 1. The highest BCUT2D eigenvalue weighted by Gasteiger charge is 2.42. The van der Waals surface area contributed by atoms with Gasteiger partial charge in [0, 0.05) is 20.1 Å². The summed E-state index contributed by atoms with van der Waals surface area (Å²) < 4.78 is 11.2. The lowest BCUT2D eigenvalue weighted by Crippen LogP contribution is -2.61. The molecule has 0 heterocycles. The Kier molecular flexibility index (Phi) is 9.55. The van der Waals surface area contributed by atoms with Crippen molar-refractivity contribution in [2.45, 2.75) is 70.6 Å². The first-order chi connectivity index (χ1) is 18.1. The van der Waals surface area contributed by atoms with Gasteiger partial charge in [-0.3, -0.25) is 9.59 Å². The van der Waals surface area contributed by atoms with Crippen molar-refractivity contribution in [3.63, 3.8) is 0 Å². The number of methoxy groups -OCH3 is 1. The van der Waals surface area contributed by atoms with Crippen LogP contribution >= 0.6 is 0 Å². The zero-order chi connectivity index (χ0) is 28.0. The zero-order valence-electron chi connectivity index (χ0n) is 23.2. The molecular weight excluding hydrogens is 484 g/mol. The molecule has 8 heteroatoms. The summed E-state index contributed by atoms with van der Waals surface area (Å²) in [5, 5.41) is 12.2. The molecule has 3 rings (SSSR count). The lowest BCUT2D eigenvalue weighted by Gasteiger charge is -2.41. The first-order valence-corrected chi connectivity index (χ1v) is 13.2. The number of likely N-dealkylation sites (N-methyl/N-ethyl adjacent to an activating group) is 1. The third-order valence-corrected chi connectivity index (χ3v) is 7.95. The van der Waals surface area contributed by atoms with Crippen molar-refractivity contribution < 1.29 is 29.0 Å². The van der Waals surface area contributed by atoms with Gasteiger partial charge in [-0.2, -0.15) is 0 Å². The van der Waals surface area contributed by atoms with Crippen LogP contribution in [-0.2, 0) is 19.1 Å². The minimum atomic E-state index is -1.25. The average Bonchev–Trinajstić information content (AvgIpc) is 3.24. The molecule has 0 radical (unpaired) electrons. The van der Waals surface area contributed by atoms with Crippen LogP contribution in [0.5, 0.6) is 0 Å². The fourth-order valence-corrected chi connectivity index (χ4v) is 5.43. The van der Waals surface area contributed by atoms with Gasteiger partial charge in [-0.25, -0.2) is 4.79 Å². The first kappa shape index (κ1) is 29.2. The zero-order valence-corrected chi connectivity index (χ0v) is 23.2. The molecule has 4 atom stereocenters. The Balaban J connectivity index is 1.74. The number of hydrogen-bond donors (Lipinski definition) is 2. The van der Waals surface area contributed by atoms with E-state index >= 15 is 0 Å². The fraction of sp³-hybridized carbons (Fsp3) is 0.500. The standard InChI is InChI=1S/C30H40N2O6/c1-7-19(3)27(25(37-6)17-26(33)34)32(5)28(35)30(4,8-2)31-29(36)38-18-24-22-15-11-9-13-20(22)21-14-10-12-16-23(21)24/h9-16,19,24-25,27H,7-8,17-18H2,1-6H3,(H,31,36)(H,33,34)/t19-,25+,27-,30-/m0/s1. The molecule has 206 valence electrons. The van der Waals surface area contributed by atoms with E-state index < -0.39 is 29.7 Å². The van der Waals surface area contributed by atoms with Crippen LogP contribution in [0.2, 0.25) is 0 Å². The van der Waals surface area contributed by atoms with E-state index in [2.05, 4.69) is 17.4 Å². The van der Waals surface area contributed by atoms with Crippen molar-refractivity contribution >= 4 is 18.0 Å². The maximum atomic E-state index is 13.7. The smallest absolute Gasteiger partial charge is 0.408 e. The van der Waals surface area contributed by atoms with E-state index in [4.69, 9.17) is 9.47 Å². The molecule has 2 amide bonds. The van der Waals surface area contributed by atoms with E-state index in [1.165, 1.54) is 12.0 Å². The normalized spacial score (nSPS) is 16.4. The largest absolute Gasteiger partial charge is 0.481 e. The minimum Gasteiger partial charge on any atom is -0.481 e. The first-order valence-electron chi connectivity index (χ1n) is 13.2. The molecule has 1 aliphatic rings. The molecular formula is C30H40N2O6. The summed E-state index contributed by atoms with van der Waals surface area (Å²) in [7, 11) is 3.09. The summed E-state index contributed by atoms with van der Waals surface area (Å²) >= 11 is 0. The number of aliphatic carboxylic acids is 1. The van der Waals surface area contributed by atoms with Crippen LogP contribution in [0.25, 0.3) is 11.1 Å². The monoisotopic (exact) mass is 524 g/mol. The number of benzene rings is 2. The SMILES string of the molecule is CC[C@H](C)[C@@H]([C@@H](CC(=O)O)OC)N(C)C(=O)[C@](C)(CC)NC(=O)OCC1c2ccccc2-c2ccccc21. The molecule has 0 unspecified atom stereocenters. The van der Waals surface area contributed by atoms with Crippen molar-refractivity contribution in [1.82, 2.24) is 10.2 Å². The van der Waals surface area contributed by atoms with Crippen molar-refractivity contribution in [2.24, 2.45) is 5.92 Å². The molecule has 0 saturated heterocycles. The molecule has 2 aromatic carbocycles. The molecule has 8 nitrogen and oxygen atoms in total. The van der Waals surface area contributed by atoms with Crippen molar-refractivity contribution in [3.05, 3.63) is 59.7 Å². The van der Waals surface area contributed by atoms with Crippen LogP contribution in [0.1, 0.15) is 64.0 Å². The third-order valence-electron chi connectivity index (χ3n) is 7.95. The minimum absolute atomic E-state index is 0.0242. The molecule has 0 fully saturated rings. The molecule has 0 saturated carbocycles. The van der Waals surface area contributed by atoms with E-state index in [1.807, 2.05) is 57.2 Å². The van der Waals surface area contributed by atoms with Crippen LogP contribution in [0.3, 0.4) is 0 Å². The number of nitrogens with one attached hydrogen (secondary N) is 1. The van der Waals surface area contributed by atoms with E-state index in [0.29, 0.717) is 6.42 Å². The van der Waals surface area contributed by atoms with Gasteiger partial charge in [0.05, 0.1) is 18.6 Å². The second-order valence-electron chi connectivity index (χ2n) is 10.3. The van der Waals surface area contributed by atoms with Crippen LogP contribution in [-0.4, -0.2) is 66.4 Å². The summed E-state index contributed by atoms with van der Waals surface area (Å²) in [5.41, 5.74) is 3.24. The summed E-state index contributed by atoms with van der Waals surface area (Å²) in [6.07, 6.45) is -0.542. The number of ether oxygens (including phenoxy) is 2. The van der Waals surface area contributed by atoms with Gasteiger partial charge in [-0.15, -0.1) is 0 Å². The van der Waals surface area contributed by atoms with E-state index in [0.717, 1.165) is 28.7 Å². The summed E-state index contributed by atoms with van der Waals surface area (Å²) in [5.74, 6) is -1.44. The number of fused-ring (bicyclic) bond motifs is 3. The van der Waals surface area contributed by atoms with Crippen LogP contribution in [0, 0.1) is 5.92 Å². The molecule has 38 heavy (non-hydrogen) atoms. The Morgan fingerprint density at radius 1 is 1.05 bits per heavy atom. The Bertz CT molecular complexity index is 1110. The summed E-state index contributed by atoms with van der Waals surface area (Å²) in [4.78, 5) is 39.7. The third kappa shape index (κ3) is 6.01. The molecule has 2 aromatic rings. The molecule has 2 N–H and O–H groups in total. The number of amides is 2. The fourth-order valence-electron chi connectivity index (χ4n) is 5.43. The van der Waals surface area contributed by atoms with Gasteiger partial charge in [-0.1, -0.05) is 75.7 Å². The lowest BCUT2D eigenvalue weighted by molar-refractivity contribution is -0.148. The number of carbonyl (C=O) groups excluding carboxylic acids is 2. The summed E-state index contributed by atoms with van der Waals surface area (Å²) in [6, 6.07) is 15.7. The number of hydrogen-bond acceptors (Lipinski definition) is 5. The number of carboxylic acids is 1. The van der Waals surface area contributed by atoms with Crippen molar-refractivity contribution in [3.8, 4) is 11.1 Å². The van der Waals surface area contributed by atoms with E-state index in [-0.39, 0.29) is 30.8 Å². The van der Waals surface area contributed by atoms with Gasteiger partial charge in [0.15, 0.2) is 0 Å². The number of rotatable bonds is 12. The van der Waals surface area contributed by atoms with Crippen LogP contribution in [0.4, 0.5) is 4.79 Å². The van der Waals surface area contributed by atoms with Crippen LogP contribution in [0.15, 0.2) is 48.5 Å². The molecule has 0 aromatic heterocycles. The molecule has 0 bridgehead atoms. The number of carbonyl (C=O) groups is 3. The Morgan fingerprint density at radius 3 is 2.08 bits per heavy atom. The van der Waals surface area contributed by atoms with Gasteiger partial charge in [0.25, 0.3) is 0 Å². The van der Waals surface area contributed by atoms with Crippen LogP contribution < -0.4 is 5.32 Å². The van der Waals surface area contributed by atoms with Gasteiger partial charge >= 0.3 is 12.1 Å². The number of nitrogens with zero attached hydrogens (tertiary/aromatic N) is 1. The van der Waals surface area contributed by atoms with Crippen molar-refractivity contribution in [2.75, 3.05) is 20.8 Å². The second-order valence-corrected chi connectivity index (χ2v) is 10.3. The molecule has 0 spiro atoms. The predicted molar refractivity (Wildman–Crippen MR) is 146 cm³/mol. The van der Waals surface area contributed by atoms with Gasteiger partial charge in [-0.05, 0) is 41.5 Å². The quantitative estimate of drug-likeness (QED) is 0.402. The maximum Gasteiger partial charge on any atom is 0.408 e. The lowest BCUT2D eigenvalue weighted by atomic mass is 9.88. The highest BCUT2D eigenvalue weighted by Crippen LogP contribution is 2.44. The second kappa shape index (κ2) is 12.4. The Morgan fingerprint density at radius 2 is 1.61 bits per heavy atom. The Labute approximate surface area is 225 Å². The topological polar surface area (TPSA) is 105 Å². The highest BCUT2D eigenvalue weighted by atomic mass is 16.5. The Hall–Kier alpha value is -3.39. The van der Waals surface area contributed by atoms with E-state index in [9.17, 15) is 19.5 Å². The number of alkyl carbamates (subject to hydrolysis) is 1. The molecule has 1 aliphatic carbocycles.